The molecule has 0 bridgehead atoms. The molecule has 3 rings (SSSR count). The number of hydrazine groups is 1. The van der Waals surface area contributed by atoms with E-state index >= 15 is 0 Å². The Bertz CT molecular complexity index is 1070. The molecule has 2 aromatic carbocycles. The van der Waals surface area contributed by atoms with Gasteiger partial charge in [0.1, 0.15) is 0 Å². The van der Waals surface area contributed by atoms with Gasteiger partial charge in [-0.2, -0.15) is 0 Å². The summed E-state index contributed by atoms with van der Waals surface area (Å²) in [5.41, 5.74) is 7.59. The number of hydrogen-bond acceptors (Lipinski definition) is 6. The summed E-state index contributed by atoms with van der Waals surface area (Å²) in [4.78, 5) is 26.7. The summed E-state index contributed by atoms with van der Waals surface area (Å²) in [5, 5.41) is 9.48. The molecular formula is C24H30N6O2S. The molecule has 33 heavy (non-hydrogen) atoms. The normalized spacial score (nSPS) is 11.9. The molecule has 0 aliphatic heterocycles. The predicted octanol–water partition coefficient (Wildman–Crippen LogP) is 3.20. The van der Waals surface area contributed by atoms with Crippen LogP contribution >= 0.6 is 11.8 Å². The van der Waals surface area contributed by atoms with Crippen molar-refractivity contribution in [3.8, 4) is 0 Å². The number of benzene rings is 2. The summed E-state index contributed by atoms with van der Waals surface area (Å²) in [6.45, 7) is 4.68. The van der Waals surface area contributed by atoms with Gasteiger partial charge in [0, 0.05) is 5.56 Å². The highest BCUT2D eigenvalue weighted by Gasteiger charge is 2.22. The zero-order chi connectivity index (χ0) is 23.8. The van der Waals surface area contributed by atoms with Crippen LogP contribution in [-0.4, -0.2) is 51.3 Å². The lowest BCUT2D eigenvalue weighted by molar-refractivity contribution is -0.119. The predicted molar refractivity (Wildman–Crippen MR) is 130 cm³/mol. The van der Waals surface area contributed by atoms with Gasteiger partial charge in [0.15, 0.2) is 11.0 Å². The first-order valence-corrected chi connectivity index (χ1v) is 11.8. The average molecular weight is 467 g/mol. The molecule has 0 spiro atoms. The van der Waals surface area contributed by atoms with Crippen molar-refractivity contribution in [1.82, 2.24) is 30.5 Å². The third-order valence-electron chi connectivity index (χ3n) is 5.20. The molecule has 2 amide bonds. The quantitative estimate of drug-likeness (QED) is 0.372. The summed E-state index contributed by atoms with van der Waals surface area (Å²) in [6.07, 6.45) is 0.885. The number of rotatable bonds is 9. The van der Waals surface area contributed by atoms with Crippen LogP contribution in [0.1, 0.15) is 46.7 Å². The number of carbonyl (C=O) groups is 2. The van der Waals surface area contributed by atoms with Crippen LogP contribution in [0.4, 0.5) is 0 Å². The van der Waals surface area contributed by atoms with E-state index in [-0.39, 0.29) is 23.6 Å². The monoisotopic (exact) mass is 466 g/mol. The summed E-state index contributed by atoms with van der Waals surface area (Å²) in [6, 6.07) is 17.3. The van der Waals surface area contributed by atoms with E-state index in [0.29, 0.717) is 17.3 Å². The van der Waals surface area contributed by atoms with Crippen molar-refractivity contribution >= 4 is 23.6 Å². The third-order valence-corrected chi connectivity index (χ3v) is 6.17. The van der Waals surface area contributed by atoms with Crippen LogP contribution in [0.25, 0.3) is 0 Å². The maximum Gasteiger partial charge on any atom is 0.269 e. The van der Waals surface area contributed by atoms with Gasteiger partial charge in [0.2, 0.25) is 5.91 Å². The van der Waals surface area contributed by atoms with Gasteiger partial charge < -0.3 is 4.57 Å². The summed E-state index contributed by atoms with van der Waals surface area (Å²) in [5.74, 6) is 0.275. The first-order chi connectivity index (χ1) is 15.9. The number of nitrogens with zero attached hydrogens (tertiary/aromatic N) is 4. The van der Waals surface area contributed by atoms with E-state index in [4.69, 9.17) is 0 Å². The number of carbonyl (C=O) groups excluding carboxylic acids is 2. The minimum Gasteiger partial charge on any atom is -0.300 e. The zero-order valence-electron chi connectivity index (χ0n) is 19.4. The summed E-state index contributed by atoms with van der Waals surface area (Å²) >= 11 is 1.29. The van der Waals surface area contributed by atoms with Crippen molar-refractivity contribution in [2.45, 2.75) is 38.0 Å². The molecule has 0 unspecified atom stereocenters. The summed E-state index contributed by atoms with van der Waals surface area (Å²) in [7, 11) is 4.04. The van der Waals surface area contributed by atoms with Crippen LogP contribution < -0.4 is 10.9 Å². The fraction of sp³-hybridized carbons (Fsp3) is 0.333. The molecule has 0 radical (unpaired) electrons. The molecule has 174 valence electrons. The van der Waals surface area contributed by atoms with E-state index in [2.05, 4.69) is 49.6 Å². The molecule has 0 saturated heterocycles. The smallest absolute Gasteiger partial charge is 0.269 e. The third kappa shape index (κ3) is 6.66. The molecular weight excluding hydrogens is 436 g/mol. The van der Waals surface area contributed by atoms with Gasteiger partial charge in [0.05, 0.1) is 18.3 Å². The van der Waals surface area contributed by atoms with Crippen molar-refractivity contribution in [2.24, 2.45) is 0 Å². The molecule has 1 aromatic heterocycles. The Kier molecular flexibility index (Phi) is 8.62. The van der Waals surface area contributed by atoms with E-state index in [0.717, 1.165) is 23.4 Å². The maximum atomic E-state index is 12.4. The lowest BCUT2D eigenvalue weighted by atomic mass is 10.1. The van der Waals surface area contributed by atoms with Crippen LogP contribution in [0, 0.1) is 6.92 Å². The Morgan fingerprint density at radius 2 is 1.73 bits per heavy atom. The Hall–Kier alpha value is -3.17. The van der Waals surface area contributed by atoms with Gasteiger partial charge in [-0.05, 0) is 45.1 Å². The van der Waals surface area contributed by atoms with Crippen LogP contribution in [-0.2, 0) is 11.3 Å². The molecule has 2 N–H and O–H groups in total. The number of hydrogen-bond donors (Lipinski definition) is 2. The molecule has 1 heterocycles. The number of nitrogens with one attached hydrogen (secondary N) is 2. The largest absolute Gasteiger partial charge is 0.300 e. The number of amides is 2. The van der Waals surface area contributed by atoms with Gasteiger partial charge in [-0.1, -0.05) is 66.7 Å². The molecule has 1 atom stereocenters. The highest BCUT2D eigenvalue weighted by Crippen LogP contribution is 2.26. The lowest BCUT2D eigenvalue weighted by Crippen LogP contribution is -2.42. The van der Waals surface area contributed by atoms with E-state index in [1.54, 1.807) is 12.1 Å². The molecule has 9 heteroatoms. The standard InChI is InChI=1S/C24H30N6O2S/c1-5-20(29(3)4)22-26-28-24(30(22)15-18-9-7-6-8-10-18)33-16-21(31)25-27-23(32)19-13-11-17(2)12-14-19/h6-14,20H,5,15-16H2,1-4H3,(H,25,31)(H,27,32)/t20-/m1/s1. The van der Waals surface area contributed by atoms with Gasteiger partial charge in [0.25, 0.3) is 5.91 Å². The maximum absolute atomic E-state index is 12.4. The highest BCUT2D eigenvalue weighted by atomic mass is 32.2. The first-order valence-electron chi connectivity index (χ1n) is 10.8. The van der Waals surface area contributed by atoms with Crippen molar-refractivity contribution < 1.29 is 9.59 Å². The summed E-state index contributed by atoms with van der Waals surface area (Å²) < 4.78 is 2.06. The van der Waals surface area contributed by atoms with E-state index in [1.165, 1.54) is 11.8 Å². The first kappa shape index (κ1) is 24.5. The zero-order valence-corrected chi connectivity index (χ0v) is 20.2. The minimum absolute atomic E-state index is 0.0971. The minimum atomic E-state index is -0.361. The Balaban J connectivity index is 1.66. The van der Waals surface area contributed by atoms with Crippen LogP contribution in [0.3, 0.4) is 0 Å². The number of thioether (sulfide) groups is 1. The van der Waals surface area contributed by atoms with Crippen molar-refractivity contribution in [3.63, 3.8) is 0 Å². The van der Waals surface area contributed by atoms with Gasteiger partial charge in [-0.25, -0.2) is 0 Å². The van der Waals surface area contributed by atoms with Crippen LogP contribution in [0.15, 0.2) is 59.8 Å². The topological polar surface area (TPSA) is 92.1 Å². The van der Waals surface area contributed by atoms with E-state index in [1.807, 2.05) is 51.4 Å². The van der Waals surface area contributed by atoms with E-state index < -0.39 is 0 Å². The van der Waals surface area contributed by atoms with Crippen LogP contribution in [0.2, 0.25) is 0 Å². The van der Waals surface area contributed by atoms with Crippen molar-refractivity contribution in [3.05, 3.63) is 77.1 Å². The molecule has 8 nitrogen and oxygen atoms in total. The molecule has 0 saturated carbocycles. The molecule has 3 aromatic rings. The van der Waals surface area contributed by atoms with E-state index in [9.17, 15) is 9.59 Å². The van der Waals surface area contributed by atoms with Gasteiger partial charge >= 0.3 is 0 Å². The fourth-order valence-corrected chi connectivity index (χ4v) is 4.16. The molecule has 0 aliphatic carbocycles. The second-order valence-electron chi connectivity index (χ2n) is 7.96. The number of aryl methyl sites for hydroxylation is 1. The average Bonchev–Trinajstić information content (AvgIpc) is 3.19. The Labute approximate surface area is 198 Å². The second kappa shape index (κ2) is 11.6. The molecule has 0 fully saturated rings. The lowest BCUT2D eigenvalue weighted by Gasteiger charge is -2.23. The Morgan fingerprint density at radius 1 is 1.03 bits per heavy atom. The fourth-order valence-electron chi connectivity index (χ4n) is 3.42. The number of aromatic nitrogens is 3. The van der Waals surface area contributed by atoms with Gasteiger partial charge in [-0.3, -0.25) is 25.3 Å². The van der Waals surface area contributed by atoms with Crippen molar-refractivity contribution in [2.75, 3.05) is 19.8 Å². The van der Waals surface area contributed by atoms with Crippen LogP contribution in [0.5, 0.6) is 0 Å². The highest BCUT2D eigenvalue weighted by molar-refractivity contribution is 7.99. The molecule has 0 aliphatic rings. The van der Waals surface area contributed by atoms with Gasteiger partial charge in [-0.15, -0.1) is 10.2 Å². The SMILES string of the molecule is CC[C@H](c1nnc(SCC(=O)NNC(=O)c2ccc(C)cc2)n1Cc1ccccc1)N(C)C. The Morgan fingerprint density at radius 3 is 2.36 bits per heavy atom. The van der Waals surface area contributed by atoms with Crippen molar-refractivity contribution in [1.29, 1.82) is 0 Å². The second-order valence-corrected chi connectivity index (χ2v) is 8.90.